The SMILES string of the molecule is O=S1CCN(c2ccccc2F)C1. The van der Waals surface area contributed by atoms with Gasteiger partial charge in [-0.3, -0.25) is 4.21 Å². The molecule has 1 fully saturated rings. The highest BCUT2D eigenvalue weighted by molar-refractivity contribution is 7.85. The lowest BCUT2D eigenvalue weighted by molar-refractivity contribution is 0.624. The molecule has 0 aromatic heterocycles. The molecule has 1 saturated heterocycles. The molecule has 0 amide bonds. The maximum Gasteiger partial charge on any atom is 0.146 e. The second-order valence-corrected chi connectivity index (χ2v) is 4.53. The van der Waals surface area contributed by atoms with Gasteiger partial charge in [0.15, 0.2) is 0 Å². The van der Waals surface area contributed by atoms with Crippen molar-refractivity contribution in [2.24, 2.45) is 0 Å². The lowest BCUT2D eigenvalue weighted by atomic mass is 10.3. The zero-order valence-corrected chi connectivity index (χ0v) is 7.89. The van der Waals surface area contributed by atoms with E-state index in [-0.39, 0.29) is 5.82 Å². The van der Waals surface area contributed by atoms with Gasteiger partial charge in [0.05, 0.1) is 11.6 Å². The Labute approximate surface area is 78.8 Å². The Hall–Kier alpha value is -0.900. The lowest BCUT2D eigenvalue weighted by Crippen LogP contribution is -2.19. The summed E-state index contributed by atoms with van der Waals surface area (Å²) >= 11 is 0. The fourth-order valence-corrected chi connectivity index (χ4v) is 2.58. The van der Waals surface area contributed by atoms with Crippen LogP contribution in [-0.4, -0.2) is 22.4 Å². The third kappa shape index (κ3) is 1.72. The minimum atomic E-state index is -0.802. The first kappa shape index (κ1) is 8.69. The second-order valence-electron chi connectivity index (χ2n) is 2.99. The molecule has 0 N–H and O–H groups in total. The number of hydrogen-bond acceptors (Lipinski definition) is 2. The van der Waals surface area contributed by atoms with Crippen LogP contribution in [0.4, 0.5) is 10.1 Å². The molecule has 0 spiro atoms. The summed E-state index contributed by atoms with van der Waals surface area (Å²) in [5.41, 5.74) is 0.563. The van der Waals surface area contributed by atoms with E-state index < -0.39 is 10.8 Å². The number of hydrogen-bond donors (Lipinski definition) is 0. The fourth-order valence-electron chi connectivity index (χ4n) is 1.41. The van der Waals surface area contributed by atoms with Gasteiger partial charge in [0, 0.05) is 23.1 Å². The monoisotopic (exact) mass is 199 g/mol. The molecule has 1 heterocycles. The Morgan fingerprint density at radius 1 is 1.38 bits per heavy atom. The average Bonchev–Trinajstić information content (AvgIpc) is 2.53. The van der Waals surface area contributed by atoms with E-state index in [1.54, 1.807) is 18.2 Å². The molecular weight excluding hydrogens is 189 g/mol. The van der Waals surface area contributed by atoms with E-state index in [0.29, 0.717) is 23.9 Å². The summed E-state index contributed by atoms with van der Waals surface area (Å²) in [6, 6.07) is 6.60. The van der Waals surface area contributed by atoms with Crippen molar-refractivity contribution >= 4 is 16.5 Å². The summed E-state index contributed by atoms with van der Waals surface area (Å²) in [5.74, 6) is 0.872. The maximum atomic E-state index is 13.2. The molecule has 0 aliphatic carbocycles. The molecule has 70 valence electrons. The van der Waals surface area contributed by atoms with Crippen molar-refractivity contribution in [3.8, 4) is 0 Å². The predicted octanol–water partition coefficient (Wildman–Crippen LogP) is 1.35. The highest BCUT2D eigenvalue weighted by atomic mass is 32.2. The number of benzene rings is 1. The first-order chi connectivity index (χ1) is 6.27. The van der Waals surface area contributed by atoms with Crippen molar-refractivity contribution in [2.75, 3.05) is 23.1 Å². The molecule has 1 aromatic rings. The molecule has 13 heavy (non-hydrogen) atoms. The minimum Gasteiger partial charge on any atom is -0.356 e. The van der Waals surface area contributed by atoms with Crippen LogP contribution in [0.5, 0.6) is 0 Å². The van der Waals surface area contributed by atoms with Crippen molar-refractivity contribution in [1.29, 1.82) is 0 Å². The first-order valence-electron chi connectivity index (χ1n) is 4.12. The van der Waals surface area contributed by atoms with Gasteiger partial charge in [-0.05, 0) is 12.1 Å². The number of para-hydroxylation sites is 1. The zero-order valence-electron chi connectivity index (χ0n) is 7.07. The molecule has 0 radical (unpaired) electrons. The van der Waals surface area contributed by atoms with Gasteiger partial charge in [-0.15, -0.1) is 0 Å². The van der Waals surface area contributed by atoms with Gasteiger partial charge in [-0.25, -0.2) is 4.39 Å². The van der Waals surface area contributed by atoms with Gasteiger partial charge in [0.25, 0.3) is 0 Å². The van der Waals surface area contributed by atoms with E-state index in [1.165, 1.54) is 6.07 Å². The van der Waals surface area contributed by atoms with Crippen LogP contribution in [0.25, 0.3) is 0 Å². The van der Waals surface area contributed by atoms with Crippen molar-refractivity contribution in [3.63, 3.8) is 0 Å². The summed E-state index contributed by atoms with van der Waals surface area (Å²) in [7, 11) is -0.802. The highest BCUT2D eigenvalue weighted by Gasteiger charge is 2.20. The van der Waals surface area contributed by atoms with Crippen LogP contribution in [0.2, 0.25) is 0 Å². The summed E-state index contributed by atoms with van der Waals surface area (Å²) < 4.78 is 24.3. The number of rotatable bonds is 1. The Kier molecular flexibility index (Phi) is 2.31. The Bertz CT molecular complexity index is 342. The van der Waals surface area contributed by atoms with E-state index in [4.69, 9.17) is 0 Å². The molecule has 4 heteroatoms. The van der Waals surface area contributed by atoms with E-state index >= 15 is 0 Å². The van der Waals surface area contributed by atoms with E-state index in [1.807, 2.05) is 4.90 Å². The molecule has 2 nitrogen and oxygen atoms in total. The van der Waals surface area contributed by atoms with Crippen LogP contribution >= 0.6 is 0 Å². The van der Waals surface area contributed by atoms with Crippen molar-refractivity contribution in [2.45, 2.75) is 0 Å². The highest BCUT2D eigenvalue weighted by Crippen LogP contribution is 2.21. The van der Waals surface area contributed by atoms with Crippen LogP contribution in [-0.2, 0) is 10.8 Å². The van der Waals surface area contributed by atoms with Crippen LogP contribution in [0.15, 0.2) is 24.3 Å². The third-order valence-corrected chi connectivity index (χ3v) is 3.32. The molecule has 1 atom stereocenters. The summed E-state index contributed by atoms with van der Waals surface area (Å²) in [6.45, 7) is 0.688. The maximum absolute atomic E-state index is 13.2. The Morgan fingerprint density at radius 3 is 2.77 bits per heavy atom. The van der Waals surface area contributed by atoms with Crippen molar-refractivity contribution < 1.29 is 8.60 Å². The molecule has 2 rings (SSSR count). The average molecular weight is 199 g/mol. The smallest absolute Gasteiger partial charge is 0.146 e. The van der Waals surface area contributed by atoms with Crippen molar-refractivity contribution in [1.82, 2.24) is 0 Å². The van der Waals surface area contributed by atoms with Crippen LogP contribution in [0.3, 0.4) is 0 Å². The molecule has 1 unspecified atom stereocenters. The van der Waals surface area contributed by atoms with E-state index in [9.17, 15) is 8.60 Å². The Balaban J connectivity index is 2.26. The van der Waals surface area contributed by atoms with Crippen molar-refractivity contribution in [3.05, 3.63) is 30.1 Å². The largest absolute Gasteiger partial charge is 0.356 e. The summed E-state index contributed by atoms with van der Waals surface area (Å²) in [4.78, 5) is 1.82. The van der Waals surface area contributed by atoms with Gasteiger partial charge >= 0.3 is 0 Å². The van der Waals surface area contributed by atoms with Crippen LogP contribution in [0, 0.1) is 5.82 Å². The standard InChI is InChI=1S/C9H10FNOS/c10-8-3-1-2-4-9(8)11-5-6-13(12)7-11/h1-4H,5-7H2. The molecule has 0 bridgehead atoms. The summed E-state index contributed by atoms with van der Waals surface area (Å²) in [5, 5.41) is 0. The summed E-state index contributed by atoms with van der Waals surface area (Å²) in [6.07, 6.45) is 0. The normalized spacial score (nSPS) is 22.2. The van der Waals surface area contributed by atoms with Crippen LogP contribution in [0.1, 0.15) is 0 Å². The topological polar surface area (TPSA) is 20.3 Å². The van der Waals surface area contributed by atoms with Gasteiger partial charge in [-0.2, -0.15) is 0 Å². The minimum absolute atomic E-state index is 0.235. The fraction of sp³-hybridized carbons (Fsp3) is 0.333. The zero-order chi connectivity index (χ0) is 9.26. The van der Waals surface area contributed by atoms with Crippen LogP contribution < -0.4 is 4.90 Å². The number of anilines is 1. The molecule has 1 aliphatic rings. The van der Waals surface area contributed by atoms with Gasteiger partial charge in [0.1, 0.15) is 5.82 Å². The van der Waals surface area contributed by atoms with E-state index in [2.05, 4.69) is 0 Å². The van der Waals surface area contributed by atoms with Gasteiger partial charge < -0.3 is 4.90 Å². The number of nitrogens with zero attached hydrogens (tertiary/aromatic N) is 1. The molecule has 1 aliphatic heterocycles. The predicted molar refractivity (Wildman–Crippen MR) is 51.6 cm³/mol. The number of halogens is 1. The first-order valence-corrected chi connectivity index (χ1v) is 5.60. The third-order valence-electron chi connectivity index (χ3n) is 2.08. The molecular formula is C9H10FNOS. The second kappa shape index (κ2) is 3.46. The Morgan fingerprint density at radius 2 is 2.15 bits per heavy atom. The van der Waals surface area contributed by atoms with E-state index in [0.717, 1.165) is 0 Å². The molecule has 1 aromatic carbocycles. The van der Waals surface area contributed by atoms with Gasteiger partial charge in [0.2, 0.25) is 0 Å². The van der Waals surface area contributed by atoms with Gasteiger partial charge in [-0.1, -0.05) is 12.1 Å². The lowest BCUT2D eigenvalue weighted by Gasteiger charge is -2.16. The quantitative estimate of drug-likeness (QED) is 0.680. The molecule has 0 saturated carbocycles.